The van der Waals surface area contributed by atoms with Crippen LogP contribution in [0.3, 0.4) is 0 Å². The van der Waals surface area contributed by atoms with Crippen molar-refractivity contribution in [3.05, 3.63) is 23.9 Å². The van der Waals surface area contributed by atoms with Crippen LogP contribution in [0, 0.1) is 16.7 Å². The van der Waals surface area contributed by atoms with E-state index >= 15 is 0 Å². The first-order chi connectivity index (χ1) is 8.72. The Morgan fingerprint density at radius 3 is 2.83 bits per heavy atom. The smallest absolute Gasteiger partial charge is 0.213 e. The van der Waals surface area contributed by atoms with Crippen LogP contribution in [0.5, 0.6) is 5.88 Å². The van der Waals surface area contributed by atoms with Crippen molar-refractivity contribution < 1.29 is 14.6 Å². The van der Waals surface area contributed by atoms with Gasteiger partial charge in [-0.05, 0) is 18.9 Å². The van der Waals surface area contributed by atoms with Crippen molar-refractivity contribution >= 4 is 0 Å². The molecule has 1 atom stereocenters. The summed E-state index contributed by atoms with van der Waals surface area (Å²) in [5, 5.41) is 19.8. The van der Waals surface area contributed by atoms with Gasteiger partial charge in [0.1, 0.15) is 6.10 Å². The van der Waals surface area contributed by atoms with Crippen LogP contribution in [0.2, 0.25) is 0 Å². The number of rotatable bonds is 3. The molecular formula is C13H16N2O3. The molecule has 1 N–H and O–H groups in total. The van der Waals surface area contributed by atoms with Crippen molar-refractivity contribution in [3.8, 4) is 11.9 Å². The number of hydrogen-bond donors (Lipinski definition) is 1. The van der Waals surface area contributed by atoms with Crippen LogP contribution in [0.1, 0.15) is 24.6 Å². The summed E-state index contributed by atoms with van der Waals surface area (Å²) in [5.74, 6) is 0.437. The number of aliphatic hydroxyl groups excluding tert-OH is 1. The molecule has 0 saturated carbocycles. The molecule has 1 aromatic rings. The van der Waals surface area contributed by atoms with E-state index in [-0.39, 0.29) is 0 Å². The maximum Gasteiger partial charge on any atom is 0.213 e. The summed E-state index contributed by atoms with van der Waals surface area (Å²) in [4.78, 5) is 4.20. The second kappa shape index (κ2) is 5.34. The molecule has 0 amide bonds. The lowest BCUT2D eigenvalue weighted by molar-refractivity contribution is -0.0328. The van der Waals surface area contributed by atoms with E-state index < -0.39 is 11.5 Å². The molecule has 1 fully saturated rings. The van der Waals surface area contributed by atoms with Crippen molar-refractivity contribution in [1.82, 2.24) is 4.98 Å². The van der Waals surface area contributed by atoms with Crippen LogP contribution in [0.25, 0.3) is 0 Å². The molecule has 0 aliphatic carbocycles. The molecule has 5 heteroatoms. The topological polar surface area (TPSA) is 75.4 Å². The first-order valence-corrected chi connectivity index (χ1v) is 5.90. The molecule has 0 spiro atoms. The van der Waals surface area contributed by atoms with E-state index in [2.05, 4.69) is 11.1 Å². The summed E-state index contributed by atoms with van der Waals surface area (Å²) in [7, 11) is 1.52. The van der Waals surface area contributed by atoms with E-state index in [1.807, 2.05) is 0 Å². The molecule has 0 aromatic carbocycles. The third-order valence-corrected chi connectivity index (χ3v) is 3.37. The fraction of sp³-hybridized carbons (Fsp3) is 0.538. The first kappa shape index (κ1) is 12.8. The Labute approximate surface area is 106 Å². The van der Waals surface area contributed by atoms with Gasteiger partial charge in [0, 0.05) is 19.3 Å². The summed E-state index contributed by atoms with van der Waals surface area (Å²) >= 11 is 0. The van der Waals surface area contributed by atoms with E-state index in [9.17, 15) is 10.4 Å². The van der Waals surface area contributed by atoms with Crippen molar-refractivity contribution in [3.63, 3.8) is 0 Å². The summed E-state index contributed by atoms with van der Waals surface area (Å²) in [5.41, 5.74) is -0.338. The molecule has 1 unspecified atom stereocenters. The molecule has 2 rings (SSSR count). The highest BCUT2D eigenvalue weighted by atomic mass is 16.5. The van der Waals surface area contributed by atoms with Gasteiger partial charge in [-0.2, -0.15) is 5.26 Å². The fourth-order valence-electron chi connectivity index (χ4n) is 2.16. The summed E-state index contributed by atoms with van der Waals surface area (Å²) in [6.07, 6.45) is 0.120. The highest BCUT2D eigenvalue weighted by molar-refractivity contribution is 5.21. The molecule has 5 nitrogen and oxygen atoms in total. The van der Waals surface area contributed by atoms with Crippen molar-refractivity contribution in [2.24, 2.45) is 5.41 Å². The number of nitrogens with zero attached hydrogens (tertiary/aromatic N) is 2. The normalized spacial score (nSPS) is 19.8. The van der Waals surface area contributed by atoms with E-state index in [0.29, 0.717) is 37.6 Å². The zero-order valence-electron chi connectivity index (χ0n) is 10.3. The van der Waals surface area contributed by atoms with Gasteiger partial charge in [0.2, 0.25) is 5.88 Å². The lowest BCUT2D eigenvalue weighted by Crippen LogP contribution is -2.34. The predicted molar refractivity (Wildman–Crippen MR) is 63.8 cm³/mol. The Kier molecular flexibility index (Phi) is 3.80. The van der Waals surface area contributed by atoms with Crippen molar-refractivity contribution in [2.75, 3.05) is 20.3 Å². The van der Waals surface area contributed by atoms with Gasteiger partial charge in [0.15, 0.2) is 0 Å². The maximum atomic E-state index is 10.4. The Hall–Kier alpha value is -1.64. The fourth-order valence-corrected chi connectivity index (χ4v) is 2.16. The SMILES string of the molecule is COc1cccc(C(O)C2(C#N)CCOCC2)n1. The van der Waals surface area contributed by atoms with E-state index in [4.69, 9.17) is 9.47 Å². The Balaban J connectivity index is 2.28. The summed E-state index contributed by atoms with van der Waals surface area (Å²) in [6.45, 7) is 0.989. The largest absolute Gasteiger partial charge is 0.481 e. The van der Waals surface area contributed by atoms with E-state index in [1.165, 1.54) is 7.11 Å². The van der Waals surface area contributed by atoms with Crippen LogP contribution in [-0.4, -0.2) is 30.4 Å². The molecule has 1 saturated heterocycles. The number of nitriles is 1. The number of hydrogen-bond acceptors (Lipinski definition) is 5. The molecule has 2 heterocycles. The number of ether oxygens (including phenoxy) is 2. The van der Waals surface area contributed by atoms with Gasteiger partial charge in [-0.1, -0.05) is 6.07 Å². The zero-order valence-corrected chi connectivity index (χ0v) is 10.3. The summed E-state index contributed by atoms with van der Waals surface area (Å²) < 4.78 is 10.3. The van der Waals surface area contributed by atoms with Crippen molar-refractivity contribution in [2.45, 2.75) is 18.9 Å². The molecular weight excluding hydrogens is 232 g/mol. The molecule has 18 heavy (non-hydrogen) atoms. The number of aliphatic hydroxyl groups is 1. The molecule has 1 aromatic heterocycles. The second-order valence-electron chi connectivity index (χ2n) is 4.39. The minimum absolute atomic E-state index is 0.437. The van der Waals surface area contributed by atoms with Gasteiger partial charge in [0.05, 0.1) is 24.3 Å². The molecule has 0 bridgehead atoms. The number of pyridine rings is 1. The lowest BCUT2D eigenvalue weighted by Gasteiger charge is -2.34. The Morgan fingerprint density at radius 2 is 2.22 bits per heavy atom. The maximum absolute atomic E-state index is 10.4. The minimum atomic E-state index is -0.915. The van der Waals surface area contributed by atoms with E-state index in [0.717, 1.165) is 0 Å². The van der Waals surface area contributed by atoms with Crippen LogP contribution in [0.15, 0.2) is 18.2 Å². The van der Waals surface area contributed by atoms with Crippen LogP contribution >= 0.6 is 0 Å². The first-order valence-electron chi connectivity index (χ1n) is 5.90. The molecule has 96 valence electrons. The molecule has 1 aliphatic rings. The zero-order chi connectivity index (χ0) is 13.0. The number of methoxy groups -OCH3 is 1. The third-order valence-electron chi connectivity index (χ3n) is 3.37. The number of aromatic nitrogens is 1. The summed E-state index contributed by atoms with van der Waals surface area (Å²) in [6, 6.07) is 7.42. The second-order valence-corrected chi connectivity index (χ2v) is 4.39. The Morgan fingerprint density at radius 1 is 1.50 bits per heavy atom. The van der Waals surface area contributed by atoms with Gasteiger partial charge in [-0.3, -0.25) is 0 Å². The van der Waals surface area contributed by atoms with Gasteiger partial charge >= 0.3 is 0 Å². The van der Waals surface area contributed by atoms with Gasteiger partial charge < -0.3 is 14.6 Å². The quantitative estimate of drug-likeness (QED) is 0.876. The van der Waals surface area contributed by atoms with E-state index in [1.54, 1.807) is 18.2 Å². The Bertz CT molecular complexity index is 450. The average molecular weight is 248 g/mol. The monoisotopic (exact) mass is 248 g/mol. The third kappa shape index (κ3) is 2.30. The molecule has 0 radical (unpaired) electrons. The van der Waals surface area contributed by atoms with Gasteiger partial charge in [0.25, 0.3) is 0 Å². The highest BCUT2D eigenvalue weighted by Gasteiger charge is 2.41. The lowest BCUT2D eigenvalue weighted by atomic mass is 9.75. The predicted octanol–water partition coefficient (Wildman–Crippen LogP) is 1.44. The minimum Gasteiger partial charge on any atom is -0.481 e. The molecule has 1 aliphatic heterocycles. The van der Waals surface area contributed by atoms with Gasteiger partial charge in [-0.25, -0.2) is 4.98 Å². The standard InChI is InChI=1S/C13H16N2O3/c1-17-11-4-2-3-10(15-11)12(16)13(9-14)5-7-18-8-6-13/h2-4,12,16H,5-8H2,1H3. The van der Waals surface area contributed by atoms with Crippen molar-refractivity contribution in [1.29, 1.82) is 5.26 Å². The van der Waals surface area contributed by atoms with Crippen LogP contribution < -0.4 is 4.74 Å². The van der Waals surface area contributed by atoms with Crippen LogP contribution in [0.4, 0.5) is 0 Å². The van der Waals surface area contributed by atoms with Gasteiger partial charge in [-0.15, -0.1) is 0 Å². The average Bonchev–Trinajstić information content (AvgIpc) is 2.47. The highest BCUT2D eigenvalue weighted by Crippen LogP contribution is 2.41. The van der Waals surface area contributed by atoms with Crippen LogP contribution in [-0.2, 0) is 4.74 Å².